The normalized spacial score (nSPS) is 10.8. The molecule has 0 N–H and O–H groups in total. The van der Waals surface area contributed by atoms with Crippen molar-refractivity contribution in [2.24, 2.45) is 0 Å². The van der Waals surface area contributed by atoms with Gasteiger partial charge in [-0.25, -0.2) is 0 Å². The molecular weight excluding hydrogens is 250 g/mol. The van der Waals surface area contributed by atoms with E-state index in [1.165, 1.54) is 5.56 Å². The van der Waals surface area contributed by atoms with Crippen molar-refractivity contribution in [3.05, 3.63) is 29.8 Å². The second-order valence-electron chi connectivity index (χ2n) is 5.16. The predicted molar refractivity (Wildman–Crippen MR) is 85.1 cm³/mol. The molecule has 0 bridgehead atoms. The number of anilines is 1. The van der Waals surface area contributed by atoms with Gasteiger partial charge >= 0.3 is 0 Å². The number of hydrogen-bond donors (Lipinski definition) is 0. The molecule has 0 amide bonds. The van der Waals surface area contributed by atoms with E-state index in [1.54, 1.807) is 0 Å². The van der Waals surface area contributed by atoms with E-state index < -0.39 is 0 Å². The number of aryl methyl sites for hydroxylation is 1. The van der Waals surface area contributed by atoms with Crippen LogP contribution < -0.4 is 4.90 Å². The topological polar surface area (TPSA) is 21.7 Å². The Labute approximate surface area is 123 Å². The van der Waals surface area contributed by atoms with Crippen molar-refractivity contribution in [1.29, 1.82) is 0 Å². The van der Waals surface area contributed by atoms with Gasteiger partial charge in [0.05, 0.1) is 0 Å². The highest BCUT2D eigenvalue weighted by molar-refractivity contribution is 5.46. The van der Waals surface area contributed by atoms with Crippen LogP contribution in [0.5, 0.6) is 0 Å². The van der Waals surface area contributed by atoms with E-state index in [9.17, 15) is 0 Å². The molecule has 0 radical (unpaired) electrons. The largest absolute Gasteiger partial charge is 0.361 e. The monoisotopic (exact) mass is 279 g/mol. The van der Waals surface area contributed by atoms with Crippen LogP contribution in [0.2, 0.25) is 0 Å². The second kappa shape index (κ2) is 10.7. The molecule has 20 heavy (non-hydrogen) atoms. The molecule has 114 valence electrons. The Balaban J connectivity index is 2.47. The van der Waals surface area contributed by atoms with Crippen LogP contribution in [0.1, 0.15) is 45.1 Å². The Morgan fingerprint density at radius 2 is 1.35 bits per heavy atom. The molecule has 1 aromatic carbocycles. The fourth-order valence-electron chi connectivity index (χ4n) is 1.78. The lowest BCUT2D eigenvalue weighted by molar-refractivity contribution is 0.0825. The molecule has 0 atom stereocenters. The van der Waals surface area contributed by atoms with Crippen molar-refractivity contribution >= 4 is 5.69 Å². The molecule has 0 aliphatic rings. The van der Waals surface area contributed by atoms with Crippen molar-refractivity contribution in [2.75, 3.05) is 31.6 Å². The number of rotatable bonds is 11. The van der Waals surface area contributed by atoms with Crippen molar-refractivity contribution < 1.29 is 9.47 Å². The van der Waals surface area contributed by atoms with Crippen LogP contribution in [0.15, 0.2) is 24.3 Å². The third-order valence-electron chi connectivity index (χ3n) is 3.18. The summed E-state index contributed by atoms with van der Waals surface area (Å²) in [5.41, 5.74) is 2.43. The zero-order valence-corrected chi connectivity index (χ0v) is 13.2. The highest BCUT2D eigenvalue weighted by Gasteiger charge is 2.06. The summed E-state index contributed by atoms with van der Waals surface area (Å²) in [5, 5.41) is 0. The van der Waals surface area contributed by atoms with Crippen molar-refractivity contribution in [1.82, 2.24) is 0 Å². The van der Waals surface area contributed by atoms with Gasteiger partial charge in [0.2, 0.25) is 0 Å². The highest BCUT2D eigenvalue weighted by atomic mass is 16.5. The lowest BCUT2D eigenvalue weighted by atomic mass is 10.2. The van der Waals surface area contributed by atoms with Crippen LogP contribution in [0.3, 0.4) is 0 Å². The smallest absolute Gasteiger partial charge is 0.120 e. The average molecular weight is 279 g/mol. The summed E-state index contributed by atoms with van der Waals surface area (Å²) >= 11 is 0. The minimum absolute atomic E-state index is 0.592. The van der Waals surface area contributed by atoms with E-state index in [2.05, 4.69) is 49.9 Å². The van der Waals surface area contributed by atoms with E-state index in [4.69, 9.17) is 9.47 Å². The standard InChI is InChI=1S/C17H29NO2/c1-4-6-12-19-14-18(15-20-13-7-5-2)17-10-8-16(3)9-11-17/h8-11H,4-7,12-15H2,1-3H3. The second-order valence-corrected chi connectivity index (χ2v) is 5.16. The molecule has 0 saturated carbocycles. The number of ether oxygens (including phenoxy) is 2. The number of unbranched alkanes of at least 4 members (excludes halogenated alkanes) is 2. The van der Waals surface area contributed by atoms with Gasteiger partial charge in [-0.3, -0.25) is 0 Å². The fourth-order valence-corrected chi connectivity index (χ4v) is 1.78. The van der Waals surface area contributed by atoms with Gasteiger partial charge in [-0.05, 0) is 31.9 Å². The predicted octanol–water partition coefficient (Wildman–Crippen LogP) is 4.35. The molecule has 0 aliphatic heterocycles. The molecule has 3 heteroatoms. The van der Waals surface area contributed by atoms with Crippen molar-refractivity contribution in [3.63, 3.8) is 0 Å². The molecule has 0 fully saturated rings. The summed E-state index contributed by atoms with van der Waals surface area (Å²) in [6.45, 7) is 9.26. The summed E-state index contributed by atoms with van der Waals surface area (Å²) in [5.74, 6) is 0. The third kappa shape index (κ3) is 6.92. The molecule has 3 nitrogen and oxygen atoms in total. The number of benzene rings is 1. The summed E-state index contributed by atoms with van der Waals surface area (Å²) in [6, 6.07) is 8.50. The minimum Gasteiger partial charge on any atom is -0.361 e. The van der Waals surface area contributed by atoms with Crippen molar-refractivity contribution in [3.8, 4) is 0 Å². The summed E-state index contributed by atoms with van der Waals surface area (Å²) < 4.78 is 11.4. The van der Waals surface area contributed by atoms with Crippen LogP contribution in [-0.2, 0) is 9.47 Å². The molecule has 0 aromatic heterocycles. The SMILES string of the molecule is CCCCOCN(COCCCC)c1ccc(C)cc1. The first-order valence-corrected chi connectivity index (χ1v) is 7.75. The molecule has 0 spiro atoms. The van der Waals surface area contributed by atoms with Gasteiger partial charge in [0.25, 0.3) is 0 Å². The maximum Gasteiger partial charge on any atom is 0.120 e. The number of nitrogens with zero attached hydrogens (tertiary/aromatic N) is 1. The molecule has 1 rings (SSSR count). The van der Waals surface area contributed by atoms with Crippen LogP contribution in [0.25, 0.3) is 0 Å². The highest BCUT2D eigenvalue weighted by Crippen LogP contribution is 2.15. The minimum atomic E-state index is 0.592. The van der Waals surface area contributed by atoms with Gasteiger partial charge in [0.15, 0.2) is 0 Å². The summed E-state index contributed by atoms with van der Waals surface area (Å²) in [6.07, 6.45) is 4.55. The number of hydrogen-bond acceptors (Lipinski definition) is 3. The van der Waals surface area contributed by atoms with Gasteiger partial charge in [0, 0.05) is 18.9 Å². The Morgan fingerprint density at radius 1 is 0.850 bits per heavy atom. The summed E-state index contributed by atoms with van der Waals surface area (Å²) in [4.78, 5) is 2.14. The molecular formula is C17H29NO2. The molecule has 0 saturated heterocycles. The van der Waals surface area contributed by atoms with Crippen molar-refractivity contribution in [2.45, 2.75) is 46.5 Å². The van der Waals surface area contributed by atoms with Gasteiger partial charge in [-0.15, -0.1) is 0 Å². The Morgan fingerprint density at radius 3 is 1.80 bits per heavy atom. The van der Waals surface area contributed by atoms with Gasteiger partial charge in [0.1, 0.15) is 13.5 Å². The maximum atomic E-state index is 5.72. The first-order chi connectivity index (χ1) is 9.77. The molecule has 0 unspecified atom stereocenters. The Bertz CT molecular complexity index is 325. The quantitative estimate of drug-likeness (QED) is 0.444. The average Bonchev–Trinajstić information content (AvgIpc) is 2.47. The van der Waals surface area contributed by atoms with E-state index in [-0.39, 0.29) is 0 Å². The molecule has 0 heterocycles. The Hall–Kier alpha value is -1.06. The summed E-state index contributed by atoms with van der Waals surface area (Å²) in [7, 11) is 0. The van der Waals surface area contributed by atoms with Gasteiger partial charge < -0.3 is 14.4 Å². The first-order valence-electron chi connectivity index (χ1n) is 7.75. The molecule has 0 aliphatic carbocycles. The van der Waals surface area contributed by atoms with Crippen LogP contribution in [0, 0.1) is 6.92 Å². The van der Waals surface area contributed by atoms with E-state index in [0.717, 1.165) is 44.6 Å². The zero-order chi connectivity index (χ0) is 14.6. The van der Waals surface area contributed by atoms with E-state index >= 15 is 0 Å². The van der Waals surface area contributed by atoms with Gasteiger partial charge in [-0.2, -0.15) is 0 Å². The first kappa shape index (κ1) is 17.0. The lowest BCUT2D eigenvalue weighted by Crippen LogP contribution is -2.29. The van der Waals surface area contributed by atoms with Crippen LogP contribution in [-0.4, -0.2) is 26.7 Å². The Kier molecular flexibility index (Phi) is 9.09. The van der Waals surface area contributed by atoms with Crippen LogP contribution >= 0.6 is 0 Å². The molecule has 1 aromatic rings. The zero-order valence-electron chi connectivity index (χ0n) is 13.2. The van der Waals surface area contributed by atoms with E-state index in [0.29, 0.717) is 13.5 Å². The fraction of sp³-hybridized carbons (Fsp3) is 0.647. The maximum absolute atomic E-state index is 5.72. The van der Waals surface area contributed by atoms with Crippen LogP contribution in [0.4, 0.5) is 5.69 Å². The third-order valence-corrected chi connectivity index (χ3v) is 3.18. The van der Waals surface area contributed by atoms with Gasteiger partial charge in [-0.1, -0.05) is 44.4 Å². The lowest BCUT2D eigenvalue weighted by Gasteiger charge is -2.24. The van der Waals surface area contributed by atoms with E-state index in [1.807, 2.05) is 0 Å².